The van der Waals surface area contributed by atoms with Crippen molar-refractivity contribution in [3.63, 3.8) is 0 Å². The highest BCUT2D eigenvalue weighted by molar-refractivity contribution is 5.72. The maximum atomic E-state index is 12.3. The predicted octanol–water partition coefficient (Wildman–Crippen LogP) is 4.99. The van der Waals surface area contributed by atoms with Gasteiger partial charge in [-0.05, 0) is 56.6 Å². The Hall–Kier alpha value is -1.83. The number of hydrogen-bond acceptors (Lipinski definition) is 6. The Morgan fingerprint density at radius 3 is 2.39 bits per heavy atom. The van der Waals surface area contributed by atoms with E-state index in [4.69, 9.17) is 9.47 Å². The van der Waals surface area contributed by atoms with Crippen LogP contribution in [0, 0.1) is 0 Å². The molecule has 0 bridgehead atoms. The largest absolute Gasteiger partial charge is 0.412 e. The smallest absolute Gasteiger partial charge is 0.410 e. The van der Waals surface area contributed by atoms with Crippen molar-refractivity contribution in [3.8, 4) is 5.75 Å². The molecule has 2 saturated heterocycles. The first-order valence-electron chi connectivity index (χ1n) is 14.3. The van der Waals surface area contributed by atoms with Crippen molar-refractivity contribution in [1.82, 2.24) is 15.1 Å². The molecule has 7 heteroatoms. The van der Waals surface area contributed by atoms with Crippen molar-refractivity contribution < 1.29 is 14.3 Å². The van der Waals surface area contributed by atoms with Crippen molar-refractivity contribution in [1.29, 1.82) is 0 Å². The van der Waals surface area contributed by atoms with Crippen LogP contribution < -0.4 is 15.0 Å². The maximum absolute atomic E-state index is 12.3. The van der Waals surface area contributed by atoms with Crippen LogP contribution in [0.5, 0.6) is 5.75 Å². The van der Waals surface area contributed by atoms with Gasteiger partial charge in [0.2, 0.25) is 0 Å². The molecule has 3 heterocycles. The molecule has 2 fully saturated rings. The van der Waals surface area contributed by atoms with Crippen LogP contribution in [0.15, 0.2) is 18.2 Å². The highest BCUT2D eigenvalue weighted by Gasteiger charge is 2.52. The van der Waals surface area contributed by atoms with Crippen LogP contribution >= 0.6 is 0 Å². The quantitative estimate of drug-likeness (QED) is 0.385. The van der Waals surface area contributed by atoms with Crippen molar-refractivity contribution in [2.24, 2.45) is 0 Å². The van der Waals surface area contributed by atoms with Gasteiger partial charge in [0.25, 0.3) is 0 Å². The van der Waals surface area contributed by atoms with Crippen LogP contribution in [-0.2, 0) is 10.2 Å². The minimum absolute atomic E-state index is 0.0809. The molecule has 3 aliphatic rings. The van der Waals surface area contributed by atoms with E-state index in [0.717, 1.165) is 52.1 Å². The van der Waals surface area contributed by atoms with Crippen molar-refractivity contribution in [2.45, 2.75) is 82.7 Å². The Kier molecular flexibility index (Phi) is 9.91. The van der Waals surface area contributed by atoms with Crippen molar-refractivity contribution in [3.05, 3.63) is 23.8 Å². The van der Waals surface area contributed by atoms with Gasteiger partial charge in [-0.15, -0.1) is 0 Å². The second kappa shape index (κ2) is 13.1. The van der Waals surface area contributed by atoms with E-state index in [0.29, 0.717) is 18.5 Å². The Labute approximate surface area is 218 Å². The lowest BCUT2D eigenvalue weighted by atomic mass is 9.81. The van der Waals surface area contributed by atoms with E-state index in [2.05, 4.69) is 53.2 Å². The molecule has 0 saturated carbocycles. The number of unbranched alkanes of at least 4 members (excludes halogenated alkanes) is 8. The topological polar surface area (TPSA) is 57.3 Å². The molecule has 0 radical (unpaired) electrons. The number of nitrogens with one attached hydrogen (secondary N) is 1. The number of carbonyl (C=O) groups is 1. The number of nitrogens with zero attached hydrogens (tertiary/aromatic N) is 3. The summed E-state index contributed by atoms with van der Waals surface area (Å²) in [6.45, 7) is 9.36. The average molecular weight is 501 g/mol. The van der Waals surface area contributed by atoms with Gasteiger partial charge in [-0.25, -0.2) is 4.79 Å². The van der Waals surface area contributed by atoms with E-state index < -0.39 is 0 Å². The Morgan fingerprint density at radius 1 is 1.00 bits per heavy atom. The van der Waals surface area contributed by atoms with Gasteiger partial charge in [0.15, 0.2) is 0 Å². The van der Waals surface area contributed by atoms with E-state index >= 15 is 0 Å². The van der Waals surface area contributed by atoms with E-state index in [1.807, 2.05) is 6.07 Å². The van der Waals surface area contributed by atoms with Gasteiger partial charge in [0.1, 0.15) is 5.75 Å². The van der Waals surface area contributed by atoms with Crippen LogP contribution in [0.2, 0.25) is 0 Å². The van der Waals surface area contributed by atoms with Crippen LogP contribution in [0.3, 0.4) is 0 Å². The summed E-state index contributed by atoms with van der Waals surface area (Å²) in [5.41, 5.74) is 2.62. The second-order valence-electron chi connectivity index (χ2n) is 11.3. The van der Waals surface area contributed by atoms with Gasteiger partial charge in [0.05, 0.1) is 19.4 Å². The second-order valence-corrected chi connectivity index (χ2v) is 11.3. The van der Waals surface area contributed by atoms with Gasteiger partial charge < -0.3 is 19.7 Å². The molecule has 4 rings (SSSR count). The first kappa shape index (κ1) is 27.2. The average Bonchev–Trinajstić information content (AvgIpc) is 3.30. The lowest BCUT2D eigenvalue weighted by molar-refractivity contribution is 0.0371. The molecule has 1 aromatic rings. The summed E-state index contributed by atoms with van der Waals surface area (Å²) in [5, 5.41) is 2.93. The molecule has 2 atom stereocenters. The fourth-order valence-corrected chi connectivity index (χ4v) is 6.47. The first-order chi connectivity index (χ1) is 17.5. The molecule has 1 N–H and O–H groups in total. The summed E-state index contributed by atoms with van der Waals surface area (Å²) < 4.78 is 11.0. The number of anilines is 1. The van der Waals surface area contributed by atoms with E-state index in [-0.39, 0.29) is 11.5 Å². The summed E-state index contributed by atoms with van der Waals surface area (Å²) >= 11 is 0. The molecule has 0 unspecified atom stereocenters. The first-order valence-corrected chi connectivity index (χ1v) is 14.3. The molecule has 36 heavy (non-hydrogen) atoms. The van der Waals surface area contributed by atoms with Crippen LogP contribution in [-0.4, -0.2) is 82.1 Å². The fourth-order valence-electron chi connectivity index (χ4n) is 6.47. The fraction of sp³-hybridized carbons (Fsp3) is 0.759. The number of hydrogen-bond donors (Lipinski definition) is 1. The minimum Gasteiger partial charge on any atom is -0.410 e. The van der Waals surface area contributed by atoms with Crippen LogP contribution in [0.1, 0.15) is 76.7 Å². The third kappa shape index (κ3) is 6.73. The zero-order valence-corrected chi connectivity index (χ0v) is 22.9. The number of ether oxygens (including phenoxy) is 2. The summed E-state index contributed by atoms with van der Waals surface area (Å²) in [7, 11) is 4.36. The third-order valence-electron chi connectivity index (χ3n) is 8.54. The maximum Gasteiger partial charge on any atom is 0.412 e. The molecule has 202 valence electrons. The van der Waals surface area contributed by atoms with Crippen molar-refractivity contribution >= 4 is 11.8 Å². The highest BCUT2D eigenvalue weighted by atomic mass is 16.6. The zero-order chi connectivity index (χ0) is 25.4. The summed E-state index contributed by atoms with van der Waals surface area (Å²) in [6.07, 6.45) is 12.6. The Morgan fingerprint density at radius 2 is 1.67 bits per heavy atom. The van der Waals surface area contributed by atoms with E-state index in [9.17, 15) is 4.79 Å². The molecule has 1 aromatic carbocycles. The lowest BCUT2D eigenvalue weighted by Crippen LogP contribution is -2.45. The van der Waals surface area contributed by atoms with E-state index in [1.165, 1.54) is 62.7 Å². The highest BCUT2D eigenvalue weighted by Crippen LogP contribution is 2.51. The van der Waals surface area contributed by atoms with Crippen LogP contribution in [0.25, 0.3) is 0 Å². The number of benzene rings is 1. The molecule has 0 aliphatic carbocycles. The number of rotatable bonds is 13. The minimum atomic E-state index is -0.344. The van der Waals surface area contributed by atoms with E-state index in [1.54, 1.807) is 0 Å². The van der Waals surface area contributed by atoms with Gasteiger partial charge in [-0.2, -0.15) is 0 Å². The molecular weight excluding hydrogens is 452 g/mol. The Bertz CT molecular complexity index is 844. The standard InChI is InChI=1S/C29H48N4O3/c1-29-15-18-31(2)27(29)32(3)26-14-13-24(23-25(26)29)36-28(34)30-16-11-9-7-5-4-6-8-10-12-17-33-19-21-35-22-20-33/h13-14,23,27H,4-12,15-22H2,1-3H3,(H,30,34)/t27-,29+/m1/s1. The number of morpholine rings is 1. The number of likely N-dealkylation sites (tertiary alicyclic amines) is 1. The number of amides is 1. The van der Waals surface area contributed by atoms with Gasteiger partial charge in [0, 0.05) is 44.3 Å². The zero-order valence-electron chi connectivity index (χ0n) is 22.9. The third-order valence-corrected chi connectivity index (χ3v) is 8.54. The Balaban J connectivity index is 1.03. The van der Waals surface area contributed by atoms with Gasteiger partial charge >= 0.3 is 6.09 Å². The molecule has 1 amide bonds. The normalized spacial score (nSPS) is 24.1. The molecule has 0 spiro atoms. The SMILES string of the molecule is CN1CC[C@@]2(C)c3cc(OC(=O)NCCCCCCCCCCCN4CCOCC4)ccc3N(C)[C@@H]12. The molecule has 0 aromatic heterocycles. The molecule has 7 nitrogen and oxygen atoms in total. The van der Waals surface area contributed by atoms with Crippen molar-refractivity contribution in [2.75, 3.05) is 64.9 Å². The number of likely N-dealkylation sites (N-methyl/N-ethyl adjacent to an activating group) is 2. The molecule has 3 aliphatic heterocycles. The monoisotopic (exact) mass is 500 g/mol. The summed E-state index contributed by atoms with van der Waals surface area (Å²) in [6, 6.07) is 6.09. The lowest BCUT2D eigenvalue weighted by Gasteiger charge is -2.32. The predicted molar refractivity (Wildman–Crippen MR) is 146 cm³/mol. The van der Waals surface area contributed by atoms with Crippen LogP contribution in [0.4, 0.5) is 10.5 Å². The number of carbonyl (C=O) groups excluding carboxylic acids is 1. The summed E-state index contributed by atoms with van der Waals surface area (Å²) in [5.74, 6) is 0.640. The molecular formula is C29H48N4O3. The van der Waals surface area contributed by atoms with Gasteiger partial charge in [-0.1, -0.05) is 51.9 Å². The van der Waals surface area contributed by atoms with Gasteiger partial charge in [-0.3, -0.25) is 9.80 Å². The summed E-state index contributed by atoms with van der Waals surface area (Å²) in [4.78, 5) is 19.6. The number of fused-ring (bicyclic) bond motifs is 3.